The highest BCUT2D eigenvalue weighted by molar-refractivity contribution is 7.99. The quantitative estimate of drug-likeness (QED) is 0.329. The molecule has 2 heterocycles. The average Bonchev–Trinajstić information content (AvgIpc) is 3.50. The largest absolute Gasteiger partial charge is 0.465 e. The molecule has 4 rings (SSSR count). The molecule has 0 atom stereocenters. The lowest BCUT2D eigenvalue weighted by Gasteiger charge is -2.16. The normalized spacial score (nSPS) is 12.8. The molecule has 0 unspecified atom stereocenters. The second kappa shape index (κ2) is 11.3. The monoisotopic (exact) mass is 528 g/mol. The van der Waals surface area contributed by atoms with Crippen molar-refractivity contribution in [1.82, 2.24) is 14.8 Å². The van der Waals surface area contributed by atoms with Gasteiger partial charge in [-0.15, -0.1) is 21.5 Å². The van der Waals surface area contributed by atoms with Crippen LogP contribution < -0.4 is 5.32 Å². The Kier molecular flexibility index (Phi) is 8.10. The van der Waals surface area contributed by atoms with E-state index in [1.807, 2.05) is 0 Å². The van der Waals surface area contributed by atoms with Crippen LogP contribution in [-0.2, 0) is 27.1 Å². The molecule has 0 radical (unpaired) electrons. The number of ether oxygens (including phenoxy) is 2. The highest BCUT2D eigenvalue weighted by Gasteiger charge is 2.24. The zero-order chi connectivity index (χ0) is 25.8. The SMILES string of the molecule is COC(=O)c1cc(NC(=O)CSc2nnc(-c3csc4c3CCCC4)n2C(C)C)cc(C(=O)OC)c1. The van der Waals surface area contributed by atoms with E-state index < -0.39 is 11.9 Å². The van der Waals surface area contributed by atoms with E-state index in [1.54, 1.807) is 11.3 Å². The molecule has 1 aliphatic rings. The molecule has 0 fully saturated rings. The summed E-state index contributed by atoms with van der Waals surface area (Å²) in [5.74, 6) is -0.660. The summed E-state index contributed by atoms with van der Waals surface area (Å²) in [5, 5.41) is 14.5. The third-order valence-corrected chi connectivity index (χ3v) is 7.91. The van der Waals surface area contributed by atoms with Gasteiger partial charge in [0.25, 0.3) is 0 Å². The number of hydrogen-bond acceptors (Lipinski definition) is 9. The van der Waals surface area contributed by atoms with Crippen molar-refractivity contribution in [2.45, 2.75) is 50.7 Å². The number of nitrogens with one attached hydrogen (secondary N) is 1. The number of methoxy groups -OCH3 is 2. The van der Waals surface area contributed by atoms with Gasteiger partial charge < -0.3 is 14.8 Å². The Bertz CT molecular complexity index is 1260. The number of amides is 1. The molecule has 1 N–H and O–H groups in total. The first-order valence-corrected chi connectivity index (χ1v) is 13.5. The molecule has 1 aliphatic carbocycles. The van der Waals surface area contributed by atoms with Gasteiger partial charge in [0.05, 0.1) is 31.1 Å². The first kappa shape index (κ1) is 25.9. The van der Waals surface area contributed by atoms with Gasteiger partial charge in [0.2, 0.25) is 5.91 Å². The molecule has 1 amide bonds. The maximum atomic E-state index is 12.8. The van der Waals surface area contributed by atoms with Gasteiger partial charge in [-0.05, 0) is 63.3 Å². The predicted octanol–water partition coefficient (Wildman–Crippen LogP) is 4.77. The van der Waals surface area contributed by atoms with Crippen molar-refractivity contribution >= 4 is 46.6 Å². The molecule has 0 saturated carbocycles. The third kappa shape index (κ3) is 5.46. The van der Waals surface area contributed by atoms with Gasteiger partial charge in [0, 0.05) is 27.5 Å². The number of esters is 2. The van der Waals surface area contributed by atoms with Crippen molar-refractivity contribution in [3.05, 3.63) is 45.1 Å². The van der Waals surface area contributed by atoms with Gasteiger partial charge in [0.15, 0.2) is 11.0 Å². The lowest BCUT2D eigenvalue weighted by molar-refractivity contribution is -0.113. The summed E-state index contributed by atoms with van der Waals surface area (Å²) >= 11 is 3.07. The van der Waals surface area contributed by atoms with Crippen molar-refractivity contribution in [2.24, 2.45) is 0 Å². The third-order valence-electron chi connectivity index (χ3n) is 5.87. The molecular weight excluding hydrogens is 500 g/mol. The van der Waals surface area contributed by atoms with Gasteiger partial charge in [-0.1, -0.05) is 11.8 Å². The highest BCUT2D eigenvalue weighted by atomic mass is 32.2. The number of carbonyl (C=O) groups excluding carboxylic acids is 3. The summed E-state index contributed by atoms with van der Waals surface area (Å²) in [6.45, 7) is 4.14. The van der Waals surface area contributed by atoms with Crippen LogP contribution in [0.3, 0.4) is 0 Å². The lowest BCUT2D eigenvalue weighted by atomic mass is 9.95. The zero-order valence-corrected chi connectivity index (χ0v) is 22.3. The minimum atomic E-state index is -0.626. The standard InChI is InChI=1S/C25H28N4O5S2/c1-14(2)29-22(19-12-35-20-8-6-5-7-18(19)20)27-28-25(29)36-13-21(30)26-17-10-15(23(31)33-3)9-16(11-17)24(32)34-4/h9-12,14H,5-8,13H2,1-4H3,(H,26,30). The molecule has 0 bridgehead atoms. The average molecular weight is 529 g/mol. The fourth-order valence-electron chi connectivity index (χ4n) is 4.20. The van der Waals surface area contributed by atoms with Crippen LogP contribution in [0.4, 0.5) is 5.69 Å². The summed E-state index contributed by atoms with van der Waals surface area (Å²) in [5.41, 5.74) is 3.07. The van der Waals surface area contributed by atoms with Crippen molar-refractivity contribution in [3.8, 4) is 11.4 Å². The van der Waals surface area contributed by atoms with E-state index in [0.29, 0.717) is 10.8 Å². The molecule has 0 aliphatic heterocycles. The second-order valence-electron chi connectivity index (χ2n) is 8.65. The van der Waals surface area contributed by atoms with Crippen molar-refractivity contribution in [1.29, 1.82) is 0 Å². The van der Waals surface area contributed by atoms with Gasteiger partial charge in [-0.3, -0.25) is 9.36 Å². The number of thioether (sulfide) groups is 1. The van der Waals surface area contributed by atoms with Gasteiger partial charge in [-0.25, -0.2) is 9.59 Å². The molecule has 0 spiro atoms. The number of hydrogen-bond donors (Lipinski definition) is 1. The van der Waals surface area contributed by atoms with E-state index in [4.69, 9.17) is 9.47 Å². The molecule has 3 aromatic rings. The Morgan fingerprint density at radius 2 is 1.72 bits per heavy atom. The van der Waals surface area contributed by atoms with E-state index in [-0.39, 0.29) is 28.8 Å². The minimum Gasteiger partial charge on any atom is -0.465 e. The van der Waals surface area contributed by atoms with E-state index in [9.17, 15) is 14.4 Å². The number of fused-ring (bicyclic) bond motifs is 1. The lowest BCUT2D eigenvalue weighted by Crippen LogP contribution is -2.16. The van der Waals surface area contributed by atoms with E-state index >= 15 is 0 Å². The number of benzene rings is 1. The van der Waals surface area contributed by atoms with Crippen molar-refractivity contribution in [2.75, 3.05) is 25.3 Å². The van der Waals surface area contributed by atoms with Gasteiger partial charge in [-0.2, -0.15) is 0 Å². The molecule has 36 heavy (non-hydrogen) atoms. The Morgan fingerprint density at radius 3 is 2.36 bits per heavy atom. The molecule has 0 saturated heterocycles. The van der Waals surface area contributed by atoms with Crippen LogP contribution in [0.5, 0.6) is 0 Å². The van der Waals surface area contributed by atoms with Crippen LogP contribution in [0.2, 0.25) is 0 Å². The predicted molar refractivity (Wildman–Crippen MR) is 139 cm³/mol. The Balaban J connectivity index is 1.51. The Labute approximate surface area is 217 Å². The number of aromatic nitrogens is 3. The zero-order valence-electron chi connectivity index (χ0n) is 20.6. The molecular formula is C25H28N4O5S2. The number of anilines is 1. The summed E-state index contributed by atoms with van der Waals surface area (Å²) < 4.78 is 11.6. The Hall–Kier alpha value is -3.18. The number of nitrogens with zero attached hydrogens (tertiary/aromatic N) is 3. The van der Waals surface area contributed by atoms with Crippen LogP contribution in [0.1, 0.15) is 63.9 Å². The fraction of sp³-hybridized carbons (Fsp3) is 0.400. The molecule has 190 valence electrons. The molecule has 1 aromatic carbocycles. The molecule has 2 aromatic heterocycles. The highest BCUT2D eigenvalue weighted by Crippen LogP contribution is 2.37. The summed E-state index contributed by atoms with van der Waals surface area (Å²) in [7, 11) is 2.49. The van der Waals surface area contributed by atoms with Gasteiger partial charge >= 0.3 is 11.9 Å². The first-order chi connectivity index (χ1) is 17.3. The maximum Gasteiger partial charge on any atom is 0.337 e. The molecule has 11 heteroatoms. The minimum absolute atomic E-state index is 0.0720. The number of carbonyl (C=O) groups is 3. The van der Waals surface area contributed by atoms with Crippen LogP contribution in [-0.4, -0.2) is 52.6 Å². The van der Waals surface area contributed by atoms with Crippen LogP contribution in [0.15, 0.2) is 28.7 Å². The summed E-state index contributed by atoms with van der Waals surface area (Å²) in [6, 6.07) is 4.38. The van der Waals surface area contributed by atoms with E-state index in [2.05, 4.69) is 39.3 Å². The number of thiophene rings is 1. The number of rotatable bonds is 8. The van der Waals surface area contributed by atoms with Crippen LogP contribution in [0.25, 0.3) is 11.4 Å². The van der Waals surface area contributed by atoms with Crippen LogP contribution >= 0.6 is 23.1 Å². The van der Waals surface area contributed by atoms with E-state index in [1.165, 1.54) is 67.5 Å². The maximum absolute atomic E-state index is 12.8. The van der Waals surface area contributed by atoms with Gasteiger partial charge in [0.1, 0.15) is 0 Å². The van der Waals surface area contributed by atoms with Crippen molar-refractivity contribution in [3.63, 3.8) is 0 Å². The Morgan fingerprint density at radius 1 is 1.06 bits per heavy atom. The molecule has 9 nitrogen and oxygen atoms in total. The summed E-state index contributed by atoms with van der Waals surface area (Å²) in [4.78, 5) is 38.2. The van der Waals surface area contributed by atoms with Crippen molar-refractivity contribution < 1.29 is 23.9 Å². The topological polar surface area (TPSA) is 112 Å². The smallest absolute Gasteiger partial charge is 0.337 e. The first-order valence-electron chi connectivity index (χ1n) is 11.6. The van der Waals surface area contributed by atoms with E-state index in [0.717, 1.165) is 24.2 Å². The second-order valence-corrected chi connectivity index (χ2v) is 10.6. The fourth-order valence-corrected chi connectivity index (χ4v) is 6.20. The number of aryl methyl sites for hydroxylation is 1. The van der Waals surface area contributed by atoms with Crippen LogP contribution in [0, 0.1) is 0 Å². The summed E-state index contributed by atoms with van der Waals surface area (Å²) in [6.07, 6.45) is 4.58.